The maximum absolute atomic E-state index is 13.0. The normalized spacial score (nSPS) is 16.0. The predicted octanol–water partition coefficient (Wildman–Crippen LogP) is 2.52. The van der Waals surface area contributed by atoms with Crippen molar-refractivity contribution in [3.8, 4) is 11.3 Å². The van der Waals surface area contributed by atoms with E-state index in [2.05, 4.69) is 10.5 Å². The number of nitrogens with one attached hydrogen (secondary N) is 1. The van der Waals surface area contributed by atoms with E-state index in [4.69, 9.17) is 21.2 Å². The lowest BCUT2D eigenvalue weighted by molar-refractivity contribution is -0.140. The molecule has 0 saturated heterocycles. The molecule has 2 heterocycles. The number of aromatic nitrogens is 1. The van der Waals surface area contributed by atoms with Crippen LogP contribution in [0.5, 0.6) is 0 Å². The van der Waals surface area contributed by atoms with Gasteiger partial charge in [0.05, 0.1) is 6.54 Å². The Morgan fingerprint density at radius 1 is 1.30 bits per heavy atom. The fourth-order valence-corrected chi connectivity index (χ4v) is 3.31. The molecule has 3 rings (SSSR count). The number of amides is 2. The number of rotatable bonds is 6. The molecule has 0 saturated carbocycles. The number of benzene rings is 1. The Morgan fingerprint density at radius 3 is 2.60 bits per heavy atom. The third kappa shape index (κ3) is 4.46. The molecule has 0 unspecified atom stereocenters. The highest BCUT2D eigenvalue weighted by atomic mass is 35.5. The standard InChI is InChI=1S/C20H20ClN3O6/c1-20(2)8-15(25)17(18(28)22-9-16(26)27)19(29)24(20)10-13-7-14(23-30-13)11-3-5-12(21)6-4-11/h3-7,25H,8-10H2,1-2H3,(H,22,28)(H,26,27). The zero-order valence-electron chi connectivity index (χ0n) is 16.3. The van der Waals surface area contributed by atoms with Crippen LogP contribution in [0.2, 0.25) is 5.02 Å². The molecule has 1 aromatic heterocycles. The Balaban J connectivity index is 1.83. The molecule has 0 aliphatic carbocycles. The highest BCUT2D eigenvalue weighted by molar-refractivity contribution is 6.30. The molecule has 2 amide bonds. The molecule has 0 fully saturated rings. The van der Waals surface area contributed by atoms with Gasteiger partial charge in [-0.1, -0.05) is 28.9 Å². The number of halogens is 1. The van der Waals surface area contributed by atoms with Gasteiger partial charge in [-0.15, -0.1) is 0 Å². The van der Waals surface area contributed by atoms with Crippen LogP contribution in [-0.4, -0.2) is 50.1 Å². The van der Waals surface area contributed by atoms with Crippen LogP contribution in [0.1, 0.15) is 26.0 Å². The largest absolute Gasteiger partial charge is 0.511 e. The topological polar surface area (TPSA) is 133 Å². The smallest absolute Gasteiger partial charge is 0.322 e. The highest BCUT2D eigenvalue weighted by Gasteiger charge is 2.42. The Morgan fingerprint density at radius 2 is 1.97 bits per heavy atom. The Kier molecular flexibility index (Phi) is 5.84. The number of carbonyl (C=O) groups excluding carboxylic acids is 2. The van der Waals surface area contributed by atoms with E-state index in [0.717, 1.165) is 5.56 Å². The van der Waals surface area contributed by atoms with Gasteiger partial charge >= 0.3 is 5.97 Å². The maximum Gasteiger partial charge on any atom is 0.322 e. The van der Waals surface area contributed by atoms with Crippen LogP contribution in [0.4, 0.5) is 0 Å². The van der Waals surface area contributed by atoms with Gasteiger partial charge in [-0.05, 0) is 26.0 Å². The molecule has 0 atom stereocenters. The van der Waals surface area contributed by atoms with Gasteiger partial charge < -0.3 is 25.0 Å². The second-order valence-electron chi connectivity index (χ2n) is 7.46. The minimum Gasteiger partial charge on any atom is -0.511 e. The summed E-state index contributed by atoms with van der Waals surface area (Å²) in [6, 6.07) is 8.68. The average molecular weight is 434 g/mol. The number of carboxylic acid groups (broad SMARTS) is 1. The van der Waals surface area contributed by atoms with Gasteiger partial charge in [-0.3, -0.25) is 14.4 Å². The number of carboxylic acids is 1. The molecule has 9 nitrogen and oxygen atoms in total. The van der Waals surface area contributed by atoms with Crippen LogP contribution >= 0.6 is 11.6 Å². The van der Waals surface area contributed by atoms with Crippen LogP contribution in [0.25, 0.3) is 11.3 Å². The second kappa shape index (κ2) is 8.19. The van der Waals surface area contributed by atoms with Gasteiger partial charge in [0.2, 0.25) is 0 Å². The van der Waals surface area contributed by atoms with Crippen LogP contribution in [0, 0.1) is 0 Å². The first-order valence-corrected chi connectivity index (χ1v) is 9.42. The van der Waals surface area contributed by atoms with Crippen LogP contribution in [0.15, 0.2) is 46.2 Å². The minimum absolute atomic E-state index is 0.00934. The van der Waals surface area contributed by atoms with Crippen molar-refractivity contribution in [1.82, 2.24) is 15.4 Å². The van der Waals surface area contributed by atoms with Crippen molar-refractivity contribution in [2.45, 2.75) is 32.4 Å². The number of nitrogens with zero attached hydrogens (tertiary/aromatic N) is 2. The van der Waals surface area contributed by atoms with Crippen molar-refractivity contribution in [1.29, 1.82) is 0 Å². The molecule has 0 bridgehead atoms. The average Bonchev–Trinajstić information content (AvgIpc) is 3.12. The molecule has 1 aliphatic heterocycles. The van der Waals surface area contributed by atoms with Gasteiger partial charge in [-0.25, -0.2) is 0 Å². The maximum atomic E-state index is 13.0. The van der Waals surface area contributed by atoms with E-state index in [0.29, 0.717) is 16.5 Å². The highest BCUT2D eigenvalue weighted by Crippen LogP contribution is 2.33. The van der Waals surface area contributed by atoms with Crippen LogP contribution in [-0.2, 0) is 20.9 Å². The fourth-order valence-electron chi connectivity index (χ4n) is 3.19. The molecule has 3 N–H and O–H groups in total. The third-order valence-electron chi connectivity index (χ3n) is 4.72. The summed E-state index contributed by atoms with van der Waals surface area (Å²) in [5.41, 5.74) is 0.0463. The van der Waals surface area contributed by atoms with Gasteiger partial charge in [0.25, 0.3) is 11.8 Å². The number of aliphatic hydroxyl groups is 1. The van der Waals surface area contributed by atoms with Gasteiger partial charge in [0.1, 0.15) is 23.6 Å². The molecule has 0 spiro atoms. The van der Waals surface area contributed by atoms with Crippen molar-refractivity contribution in [2.75, 3.05) is 6.54 Å². The van der Waals surface area contributed by atoms with Gasteiger partial charge in [0, 0.05) is 28.6 Å². The first kappa shape index (κ1) is 21.4. The molecule has 10 heteroatoms. The number of hydrogen-bond donors (Lipinski definition) is 3. The van der Waals surface area contributed by atoms with Gasteiger partial charge in [-0.2, -0.15) is 0 Å². The molecule has 30 heavy (non-hydrogen) atoms. The molecule has 0 radical (unpaired) electrons. The Labute approximate surface area is 176 Å². The van der Waals surface area contributed by atoms with Crippen molar-refractivity contribution in [3.05, 3.63) is 52.4 Å². The van der Waals surface area contributed by atoms with Crippen LogP contribution in [0.3, 0.4) is 0 Å². The lowest BCUT2D eigenvalue weighted by Crippen LogP contribution is -2.53. The summed E-state index contributed by atoms with van der Waals surface area (Å²) in [4.78, 5) is 37.3. The Bertz CT molecular complexity index is 1030. The minimum atomic E-state index is -1.26. The summed E-state index contributed by atoms with van der Waals surface area (Å²) in [6.07, 6.45) is 0.0206. The fraction of sp³-hybridized carbons (Fsp3) is 0.300. The summed E-state index contributed by atoms with van der Waals surface area (Å²) in [5, 5.41) is 25.7. The molecule has 1 aromatic carbocycles. The third-order valence-corrected chi connectivity index (χ3v) is 4.97. The summed E-state index contributed by atoms with van der Waals surface area (Å²) in [5.74, 6) is -2.94. The molecule has 1 aliphatic rings. The van der Waals surface area contributed by atoms with Crippen LogP contribution < -0.4 is 5.32 Å². The van der Waals surface area contributed by atoms with E-state index in [1.165, 1.54) is 4.90 Å². The first-order valence-electron chi connectivity index (χ1n) is 9.04. The second-order valence-corrected chi connectivity index (χ2v) is 7.90. The summed E-state index contributed by atoms with van der Waals surface area (Å²) < 4.78 is 5.36. The number of aliphatic carboxylic acids is 1. The zero-order valence-corrected chi connectivity index (χ0v) is 17.1. The number of carbonyl (C=O) groups is 3. The lowest BCUT2D eigenvalue weighted by Gasteiger charge is -2.41. The molecule has 2 aromatic rings. The monoisotopic (exact) mass is 433 g/mol. The molecular formula is C20H20ClN3O6. The van der Waals surface area contributed by atoms with Crippen molar-refractivity contribution >= 4 is 29.4 Å². The summed E-state index contributed by atoms with van der Waals surface area (Å²) in [7, 11) is 0. The van der Waals surface area contributed by atoms with Crippen molar-refractivity contribution in [3.63, 3.8) is 0 Å². The quantitative estimate of drug-likeness (QED) is 0.596. The van der Waals surface area contributed by atoms with Gasteiger partial charge in [0.15, 0.2) is 5.76 Å². The molecule has 158 valence electrons. The SMILES string of the molecule is CC1(C)CC(O)=C(C(=O)NCC(=O)O)C(=O)N1Cc1cc(-c2ccc(Cl)cc2)no1. The first-order chi connectivity index (χ1) is 14.1. The van der Waals surface area contributed by atoms with Crippen molar-refractivity contribution < 1.29 is 29.1 Å². The number of hydrogen-bond acceptors (Lipinski definition) is 6. The van der Waals surface area contributed by atoms with E-state index >= 15 is 0 Å². The van der Waals surface area contributed by atoms with Crippen molar-refractivity contribution in [2.24, 2.45) is 0 Å². The Hall–Kier alpha value is -3.33. The van der Waals surface area contributed by atoms with E-state index in [-0.39, 0.29) is 18.7 Å². The van der Waals surface area contributed by atoms with E-state index in [1.54, 1.807) is 44.2 Å². The summed E-state index contributed by atoms with van der Waals surface area (Å²) >= 11 is 5.89. The predicted molar refractivity (Wildman–Crippen MR) is 106 cm³/mol. The van der Waals surface area contributed by atoms with E-state index in [9.17, 15) is 19.5 Å². The lowest BCUT2D eigenvalue weighted by atomic mass is 9.89. The number of aliphatic hydroxyl groups excluding tert-OH is 1. The van der Waals surface area contributed by atoms with E-state index < -0.39 is 35.4 Å². The summed E-state index contributed by atoms with van der Waals surface area (Å²) in [6.45, 7) is 2.82. The zero-order chi connectivity index (χ0) is 22.1. The molecular weight excluding hydrogens is 414 g/mol. The van der Waals surface area contributed by atoms with E-state index in [1.807, 2.05) is 0 Å².